The van der Waals surface area contributed by atoms with Gasteiger partial charge < -0.3 is 0 Å². The molecule has 7 heavy (non-hydrogen) atoms. The summed E-state index contributed by atoms with van der Waals surface area (Å²) in [6.07, 6.45) is 0. The van der Waals surface area contributed by atoms with Gasteiger partial charge in [-0.15, -0.1) is 0 Å². The zero-order valence-electron chi connectivity index (χ0n) is 4.60. The van der Waals surface area contributed by atoms with Crippen molar-refractivity contribution in [2.45, 2.75) is 0 Å². The SMILES string of the molecule is [H+].[H+].[I][Ir-2]([I])([I])([I])([I])[I]. The van der Waals surface area contributed by atoms with Gasteiger partial charge in [0.1, 0.15) is 0 Å². The first-order valence-corrected chi connectivity index (χ1v) is 41.5. The van der Waals surface area contributed by atoms with E-state index in [-0.39, 0.29) is 2.85 Å². The van der Waals surface area contributed by atoms with Crippen molar-refractivity contribution < 1.29 is -5.76 Å². The van der Waals surface area contributed by atoms with Gasteiger partial charge in [0.05, 0.1) is 0 Å². The molecule has 0 spiro atoms. The van der Waals surface area contributed by atoms with Crippen LogP contribution in [-0.4, -0.2) is 0 Å². The molecule has 0 fully saturated rings. The summed E-state index contributed by atoms with van der Waals surface area (Å²) in [5, 5.41) is 0. The van der Waals surface area contributed by atoms with E-state index in [9.17, 15) is 0 Å². The Morgan fingerprint density at radius 2 is 0.714 bits per heavy atom. The standard InChI is InChI=1S/6HI.Ir/h6*1H;/q;;;;;;+4/p-4. The quantitative estimate of drug-likeness (QED) is 0.281. The zero-order valence-corrected chi connectivity index (χ0v) is 17.9. The van der Waals surface area contributed by atoms with Crippen molar-refractivity contribution >= 4 is 118 Å². The molecular formula is H2I6Ir. The van der Waals surface area contributed by atoms with E-state index in [1.165, 1.54) is 0 Å². The molecule has 0 radical (unpaired) electrons. The van der Waals surface area contributed by atoms with Crippen LogP contribution in [0.3, 0.4) is 0 Å². The summed E-state index contributed by atoms with van der Waals surface area (Å²) in [6, 6.07) is 0. The van der Waals surface area contributed by atoms with Crippen LogP contribution < -0.4 is 0 Å². The van der Waals surface area contributed by atoms with Crippen molar-refractivity contribution in [3.63, 3.8) is 0 Å². The molecule has 7 heteroatoms. The van der Waals surface area contributed by atoms with E-state index in [2.05, 4.69) is 118 Å². The molecule has 0 saturated carbocycles. The first-order chi connectivity index (χ1) is 2.45. The Labute approximate surface area is 108 Å². The van der Waals surface area contributed by atoms with E-state index in [4.69, 9.17) is 0 Å². The Bertz CT molecular complexity index is 69.6. The van der Waals surface area contributed by atoms with Crippen molar-refractivity contribution in [1.29, 1.82) is 0 Å². The Kier molecular flexibility index (Phi) is 4.75. The molecule has 0 aliphatic carbocycles. The molecule has 53 valence electrons. The van der Waals surface area contributed by atoms with Crippen LogP contribution in [-0.2, 0) is -8.61 Å². The Morgan fingerprint density at radius 3 is 0.714 bits per heavy atom. The molecule has 0 aliphatic rings. The third-order valence-electron chi connectivity index (χ3n) is 0. The number of hydrogen-bond donors (Lipinski definition) is 0. The van der Waals surface area contributed by atoms with Crippen LogP contribution in [0, 0.1) is 0 Å². The molecule has 0 heterocycles. The predicted molar refractivity (Wildman–Crippen MR) is 86.3 cm³/mol. The second kappa shape index (κ2) is 2.77. The number of rotatable bonds is 0. The van der Waals surface area contributed by atoms with Gasteiger partial charge in [-0.1, -0.05) is 0 Å². The van der Waals surface area contributed by atoms with Crippen molar-refractivity contribution in [2.24, 2.45) is 0 Å². The number of halogens is 6. The van der Waals surface area contributed by atoms with Crippen LogP contribution in [0.1, 0.15) is 2.85 Å². The normalized spacial score (nSPS) is 23.1. The minimum atomic E-state index is -2.35. The molecule has 0 aromatic carbocycles. The van der Waals surface area contributed by atoms with Crippen LogP contribution in [0.15, 0.2) is 0 Å². The summed E-state index contributed by atoms with van der Waals surface area (Å²) in [5.74, 6) is 0. The van der Waals surface area contributed by atoms with E-state index in [1.54, 1.807) is 0 Å². The third-order valence-corrected chi connectivity index (χ3v) is 0. The summed E-state index contributed by atoms with van der Waals surface area (Å²) in [4.78, 5) is 0. The maximum absolute atomic E-state index is 2.57. The fourth-order valence-corrected chi connectivity index (χ4v) is 0. The summed E-state index contributed by atoms with van der Waals surface area (Å²) >= 11 is 15.4. The van der Waals surface area contributed by atoms with Gasteiger partial charge in [0.15, 0.2) is 0 Å². The molecule has 0 aliphatic heterocycles. The molecule has 0 bridgehead atoms. The predicted octanol–water partition coefficient (Wildman–Crippen LogP) is 5.54. The van der Waals surface area contributed by atoms with Crippen LogP contribution >= 0.6 is 118 Å². The summed E-state index contributed by atoms with van der Waals surface area (Å²) in [5.41, 5.74) is 0. The van der Waals surface area contributed by atoms with Crippen molar-refractivity contribution in [3.8, 4) is 0 Å². The number of hydrogen-bond acceptors (Lipinski definition) is 0. The Balaban J connectivity index is -0.000000180. The van der Waals surface area contributed by atoms with Gasteiger partial charge in [-0.2, -0.15) is 0 Å². The van der Waals surface area contributed by atoms with Gasteiger partial charge >= 0.3 is 112 Å². The van der Waals surface area contributed by atoms with Gasteiger partial charge in [-0.25, -0.2) is 0 Å². The molecule has 0 saturated heterocycles. The molecule has 0 nitrogen and oxygen atoms in total. The molecule has 0 rings (SSSR count). The Hall–Kier alpha value is 5.03. The van der Waals surface area contributed by atoms with E-state index in [1.807, 2.05) is 0 Å². The van der Waals surface area contributed by atoms with Gasteiger partial charge in [-0.3, -0.25) is 0 Å². The van der Waals surface area contributed by atoms with Gasteiger partial charge in [0.25, 0.3) is 0 Å². The second-order valence-corrected chi connectivity index (χ2v) is 263. The average molecular weight is 956 g/mol. The van der Waals surface area contributed by atoms with E-state index in [0.717, 1.165) is 0 Å². The van der Waals surface area contributed by atoms with Crippen LogP contribution in [0.4, 0.5) is 0 Å². The fourth-order valence-electron chi connectivity index (χ4n) is 0. The van der Waals surface area contributed by atoms with Crippen LogP contribution in [0.5, 0.6) is 0 Å². The molecule has 0 amide bonds. The molecule has 0 atom stereocenters. The molecule has 0 N–H and O–H groups in total. The Morgan fingerprint density at radius 1 is 0.714 bits per heavy atom. The first-order valence-electron chi connectivity index (χ1n) is 0.756. The maximum atomic E-state index is 2.57. The summed E-state index contributed by atoms with van der Waals surface area (Å²) in [7, 11) is 0. The average Bonchev–Trinajstić information content (AvgIpc) is 0.592. The minimum absolute atomic E-state index is 0. The second-order valence-electron chi connectivity index (χ2n) is 0.714. The van der Waals surface area contributed by atoms with Gasteiger partial charge in [0.2, 0.25) is 0 Å². The van der Waals surface area contributed by atoms with Gasteiger partial charge in [-0.05, 0) is 0 Å². The van der Waals surface area contributed by atoms with E-state index >= 15 is 0 Å². The molecule has 0 aromatic heterocycles. The summed E-state index contributed by atoms with van der Waals surface area (Å²) < 4.78 is -2.35. The third kappa shape index (κ3) is 35.5. The van der Waals surface area contributed by atoms with Crippen molar-refractivity contribution in [2.75, 3.05) is 0 Å². The zero-order chi connectivity index (χ0) is 6.41. The fraction of sp³-hybridized carbons (Fsp3) is 0. The summed E-state index contributed by atoms with van der Waals surface area (Å²) in [6.45, 7) is 0. The van der Waals surface area contributed by atoms with E-state index < -0.39 is -8.61 Å². The van der Waals surface area contributed by atoms with E-state index in [0.29, 0.717) is 0 Å². The van der Waals surface area contributed by atoms with Gasteiger partial charge in [0, 0.05) is 0 Å². The van der Waals surface area contributed by atoms with Crippen LogP contribution in [0.25, 0.3) is 0 Å². The van der Waals surface area contributed by atoms with Crippen LogP contribution in [0.2, 0.25) is 0 Å². The molecule has 0 unspecified atom stereocenters. The first kappa shape index (κ1) is 12.0. The monoisotopic (exact) mass is 956 g/mol. The van der Waals surface area contributed by atoms with Crippen molar-refractivity contribution in [1.82, 2.24) is 0 Å². The molecule has 0 aromatic rings. The topological polar surface area (TPSA) is 0 Å². The van der Waals surface area contributed by atoms with Crippen molar-refractivity contribution in [3.05, 3.63) is 0 Å². The molecular weight excluding hydrogens is 954 g/mol.